The molecular weight excluding hydrogens is 380 g/mol. The molecule has 0 saturated heterocycles. The predicted molar refractivity (Wildman–Crippen MR) is 101 cm³/mol. The summed E-state index contributed by atoms with van der Waals surface area (Å²) in [7, 11) is 0. The molecule has 0 spiro atoms. The van der Waals surface area contributed by atoms with Gasteiger partial charge in [0.15, 0.2) is 8.68 Å². The molecule has 0 unspecified atom stereocenters. The van der Waals surface area contributed by atoms with E-state index in [0.29, 0.717) is 16.5 Å². The molecule has 1 N–H and O–H groups in total. The van der Waals surface area contributed by atoms with Crippen molar-refractivity contribution in [2.75, 3.05) is 17.3 Å². The van der Waals surface area contributed by atoms with Gasteiger partial charge < -0.3 is 5.32 Å². The third kappa shape index (κ3) is 3.94. The maximum Gasteiger partial charge on any atom is 0.235 e. The number of rotatable bonds is 5. The first-order valence-corrected chi connectivity index (χ1v) is 11.3. The Hall–Kier alpha value is -1.08. The number of carbonyl (C=O) groups excluding carboxylic acids is 1. The minimum absolute atomic E-state index is 0.107. The molecule has 2 aromatic heterocycles. The third-order valence-corrected chi connectivity index (χ3v) is 7.97. The zero-order chi connectivity index (χ0) is 17.1. The minimum Gasteiger partial charge on any atom is -0.316 e. The van der Waals surface area contributed by atoms with Crippen LogP contribution >= 0.6 is 46.2 Å². The fourth-order valence-electron chi connectivity index (χ4n) is 2.59. The summed E-state index contributed by atoms with van der Waals surface area (Å²) < 4.78 is 1.68. The molecule has 2 heterocycles. The Morgan fingerprint density at radius 2 is 2.21 bits per heavy atom. The van der Waals surface area contributed by atoms with Crippen molar-refractivity contribution in [3.05, 3.63) is 16.0 Å². The number of aromatic nitrogens is 2. The number of amides is 1. The molecule has 5 nitrogen and oxygen atoms in total. The fourth-order valence-corrected chi connectivity index (χ4v) is 6.20. The van der Waals surface area contributed by atoms with Crippen LogP contribution in [0.1, 0.15) is 29.3 Å². The Balaban J connectivity index is 1.65. The Bertz CT molecular complexity index is 792. The summed E-state index contributed by atoms with van der Waals surface area (Å²) in [6.07, 6.45) is 4.99. The Labute approximate surface area is 157 Å². The van der Waals surface area contributed by atoms with E-state index < -0.39 is 0 Å². The van der Waals surface area contributed by atoms with Gasteiger partial charge in [-0.3, -0.25) is 4.79 Å². The molecule has 1 atom stereocenters. The third-order valence-electron chi connectivity index (χ3n) is 3.77. The number of thioether (sulfide) groups is 2. The van der Waals surface area contributed by atoms with Crippen LogP contribution in [0.3, 0.4) is 0 Å². The Morgan fingerprint density at radius 3 is 2.92 bits per heavy atom. The molecule has 0 aromatic carbocycles. The van der Waals surface area contributed by atoms with Crippen molar-refractivity contribution in [3.8, 4) is 6.07 Å². The number of nitrogens with one attached hydrogen (secondary N) is 1. The van der Waals surface area contributed by atoms with E-state index >= 15 is 0 Å². The van der Waals surface area contributed by atoms with Crippen LogP contribution < -0.4 is 5.32 Å². The number of carbonyl (C=O) groups is 1. The van der Waals surface area contributed by atoms with Crippen LogP contribution in [0.2, 0.25) is 0 Å². The number of hydrogen-bond acceptors (Lipinski definition) is 8. The van der Waals surface area contributed by atoms with E-state index in [4.69, 9.17) is 0 Å². The standard InChI is InChI=1S/C15H16N4OS4/c1-8-3-4-9-10(6-16)13(23-11(9)5-8)17-12(20)7-22-15-19-18-14(21-2)24-15/h8H,3-5,7H2,1-2H3,(H,17,20)/t8-/m0/s1. The van der Waals surface area contributed by atoms with E-state index in [1.165, 1.54) is 28.0 Å². The molecule has 2 aromatic rings. The largest absolute Gasteiger partial charge is 0.316 e. The van der Waals surface area contributed by atoms with Crippen molar-refractivity contribution in [2.45, 2.75) is 34.9 Å². The SMILES string of the molecule is CSc1nnc(SCC(=O)Nc2sc3c(c2C#N)CC[C@H](C)C3)s1. The highest BCUT2D eigenvalue weighted by Gasteiger charge is 2.24. The van der Waals surface area contributed by atoms with E-state index in [9.17, 15) is 10.1 Å². The van der Waals surface area contributed by atoms with E-state index in [1.807, 2.05) is 6.26 Å². The molecule has 1 amide bonds. The predicted octanol–water partition coefficient (Wildman–Crippen LogP) is 4.05. The molecule has 1 aliphatic carbocycles. The van der Waals surface area contributed by atoms with E-state index in [0.717, 1.165) is 33.5 Å². The Morgan fingerprint density at radius 1 is 1.42 bits per heavy atom. The van der Waals surface area contributed by atoms with E-state index in [2.05, 4.69) is 28.5 Å². The second-order valence-electron chi connectivity index (χ2n) is 5.54. The van der Waals surface area contributed by atoms with Crippen molar-refractivity contribution in [1.29, 1.82) is 5.26 Å². The monoisotopic (exact) mass is 396 g/mol. The zero-order valence-corrected chi connectivity index (χ0v) is 16.6. The fraction of sp³-hybridized carbons (Fsp3) is 0.467. The molecule has 1 aliphatic rings. The van der Waals surface area contributed by atoms with Gasteiger partial charge >= 0.3 is 0 Å². The van der Waals surface area contributed by atoms with Gasteiger partial charge in [-0.15, -0.1) is 21.5 Å². The molecule has 24 heavy (non-hydrogen) atoms. The van der Waals surface area contributed by atoms with Gasteiger partial charge in [0.2, 0.25) is 5.91 Å². The highest BCUT2D eigenvalue weighted by molar-refractivity contribution is 8.03. The van der Waals surface area contributed by atoms with Crippen LogP contribution in [-0.4, -0.2) is 28.1 Å². The topological polar surface area (TPSA) is 78.7 Å². The van der Waals surface area contributed by atoms with Crippen molar-refractivity contribution >= 4 is 57.1 Å². The first kappa shape index (κ1) is 17.7. The quantitative estimate of drug-likeness (QED) is 0.768. The number of thiophene rings is 1. The molecule has 0 fully saturated rings. The van der Waals surface area contributed by atoms with Crippen molar-refractivity contribution < 1.29 is 4.79 Å². The van der Waals surface area contributed by atoms with Crippen molar-refractivity contribution in [2.24, 2.45) is 5.92 Å². The van der Waals surface area contributed by atoms with Crippen molar-refractivity contribution in [3.63, 3.8) is 0 Å². The van der Waals surface area contributed by atoms with Gasteiger partial charge in [-0.05, 0) is 37.0 Å². The summed E-state index contributed by atoms with van der Waals surface area (Å²) in [5.41, 5.74) is 1.79. The molecule has 0 bridgehead atoms. The summed E-state index contributed by atoms with van der Waals surface area (Å²) in [6.45, 7) is 2.23. The summed E-state index contributed by atoms with van der Waals surface area (Å²) >= 11 is 5.96. The molecule has 0 radical (unpaired) electrons. The highest BCUT2D eigenvalue weighted by Crippen LogP contribution is 2.39. The number of hydrogen-bond donors (Lipinski definition) is 1. The number of nitriles is 1. The second-order valence-corrected chi connectivity index (χ2v) is 9.90. The smallest absolute Gasteiger partial charge is 0.235 e. The van der Waals surface area contributed by atoms with Crippen LogP contribution in [0, 0.1) is 17.2 Å². The molecule has 9 heteroatoms. The summed E-state index contributed by atoms with van der Waals surface area (Å²) in [4.78, 5) is 13.5. The van der Waals surface area contributed by atoms with Crippen LogP contribution in [0.4, 0.5) is 5.00 Å². The lowest BCUT2D eigenvalue weighted by Gasteiger charge is -2.17. The van der Waals surface area contributed by atoms with Gasteiger partial charge in [-0.2, -0.15) is 5.26 Å². The van der Waals surface area contributed by atoms with Gasteiger partial charge in [0.25, 0.3) is 0 Å². The van der Waals surface area contributed by atoms with Gasteiger partial charge in [-0.1, -0.05) is 41.8 Å². The summed E-state index contributed by atoms with van der Waals surface area (Å²) in [5, 5.41) is 21.1. The normalized spacial score (nSPS) is 16.5. The number of fused-ring (bicyclic) bond motifs is 1. The lowest BCUT2D eigenvalue weighted by molar-refractivity contribution is -0.113. The van der Waals surface area contributed by atoms with E-state index in [-0.39, 0.29) is 11.7 Å². The molecule has 126 valence electrons. The maximum atomic E-state index is 12.2. The molecule has 0 aliphatic heterocycles. The van der Waals surface area contributed by atoms with Crippen LogP contribution in [-0.2, 0) is 17.6 Å². The second kappa shape index (κ2) is 7.87. The van der Waals surface area contributed by atoms with Crippen LogP contribution in [0.25, 0.3) is 0 Å². The average molecular weight is 397 g/mol. The van der Waals surface area contributed by atoms with Crippen LogP contribution in [0.15, 0.2) is 8.68 Å². The number of anilines is 1. The summed E-state index contributed by atoms with van der Waals surface area (Å²) in [6, 6.07) is 2.27. The molecule has 3 rings (SSSR count). The summed E-state index contributed by atoms with van der Waals surface area (Å²) in [5.74, 6) is 0.807. The maximum absolute atomic E-state index is 12.2. The first-order valence-electron chi connectivity index (χ1n) is 7.45. The van der Waals surface area contributed by atoms with Gasteiger partial charge in [0.1, 0.15) is 11.1 Å². The minimum atomic E-state index is -0.107. The first-order chi connectivity index (χ1) is 11.6. The Kier molecular flexibility index (Phi) is 5.81. The van der Waals surface area contributed by atoms with E-state index in [1.54, 1.807) is 23.1 Å². The number of nitrogens with zero attached hydrogens (tertiary/aromatic N) is 3. The molecular formula is C15H16N4OS4. The average Bonchev–Trinajstić information content (AvgIpc) is 3.16. The van der Waals surface area contributed by atoms with Gasteiger partial charge in [-0.25, -0.2) is 0 Å². The van der Waals surface area contributed by atoms with Gasteiger partial charge in [0, 0.05) is 4.88 Å². The highest BCUT2D eigenvalue weighted by atomic mass is 32.2. The molecule has 0 saturated carbocycles. The van der Waals surface area contributed by atoms with Gasteiger partial charge in [0.05, 0.1) is 11.3 Å². The van der Waals surface area contributed by atoms with Crippen LogP contribution in [0.5, 0.6) is 0 Å². The lowest BCUT2D eigenvalue weighted by Crippen LogP contribution is -2.14. The lowest BCUT2D eigenvalue weighted by atomic mass is 9.89. The van der Waals surface area contributed by atoms with Crippen molar-refractivity contribution in [1.82, 2.24) is 10.2 Å². The zero-order valence-electron chi connectivity index (χ0n) is 13.3.